The Labute approximate surface area is 136 Å². The summed E-state index contributed by atoms with van der Waals surface area (Å²) >= 11 is 3.49. The summed E-state index contributed by atoms with van der Waals surface area (Å²) in [4.78, 5) is 28.8. The normalized spacial score (nSPS) is 15.7. The fraction of sp³-hybridized carbons (Fsp3) is 0.375. The molecule has 3 rings (SSSR count). The van der Waals surface area contributed by atoms with Crippen LogP contribution in [-0.2, 0) is 4.79 Å². The number of carboxylic acid groups (broad SMARTS) is 1. The molecular formula is C16H17BrN2O3. The molecule has 1 heterocycles. The van der Waals surface area contributed by atoms with Crippen LogP contribution in [0.5, 0.6) is 0 Å². The van der Waals surface area contributed by atoms with Crippen molar-refractivity contribution in [1.82, 2.24) is 9.88 Å². The Morgan fingerprint density at radius 1 is 1.41 bits per heavy atom. The minimum absolute atomic E-state index is 0.140. The first-order valence-electron chi connectivity index (χ1n) is 7.29. The van der Waals surface area contributed by atoms with Crippen molar-refractivity contribution in [3.05, 3.63) is 34.4 Å². The number of nitrogens with zero attached hydrogens (tertiary/aromatic N) is 1. The largest absolute Gasteiger partial charge is 0.481 e. The lowest BCUT2D eigenvalue weighted by Gasteiger charge is -2.24. The van der Waals surface area contributed by atoms with E-state index in [1.54, 1.807) is 11.8 Å². The van der Waals surface area contributed by atoms with E-state index in [1.165, 1.54) is 0 Å². The molecule has 22 heavy (non-hydrogen) atoms. The SMILES string of the molecule is C[C@@H](CN(C(=O)c1[nH]c2ccccc2c1Br)C1CC1)C(=O)O. The number of H-pyrrole nitrogens is 1. The summed E-state index contributed by atoms with van der Waals surface area (Å²) in [6, 6.07) is 7.84. The van der Waals surface area contributed by atoms with Crippen molar-refractivity contribution in [2.24, 2.45) is 5.92 Å². The second-order valence-electron chi connectivity index (χ2n) is 5.79. The second-order valence-corrected chi connectivity index (χ2v) is 6.58. The molecule has 1 fully saturated rings. The van der Waals surface area contributed by atoms with E-state index < -0.39 is 11.9 Å². The number of nitrogens with one attached hydrogen (secondary N) is 1. The Balaban J connectivity index is 1.92. The van der Waals surface area contributed by atoms with Crippen molar-refractivity contribution in [2.75, 3.05) is 6.54 Å². The van der Waals surface area contributed by atoms with Gasteiger partial charge in [0.1, 0.15) is 5.69 Å². The molecule has 0 saturated heterocycles. The zero-order valence-electron chi connectivity index (χ0n) is 12.2. The number of rotatable bonds is 5. The highest BCUT2D eigenvalue weighted by molar-refractivity contribution is 9.10. The Kier molecular flexibility index (Phi) is 3.95. The maximum Gasteiger partial charge on any atom is 0.308 e. The van der Waals surface area contributed by atoms with Gasteiger partial charge in [0, 0.05) is 23.5 Å². The number of carbonyl (C=O) groups excluding carboxylic acids is 1. The third-order valence-electron chi connectivity index (χ3n) is 4.00. The molecule has 1 atom stereocenters. The first-order valence-corrected chi connectivity index (χ1v) is 8.08. The van der Waals surface area contributed by atoms with Crippen LogP contribution in [0.2, 0.25) is 0 Å². The molecule has 0 unspecified atom stereocenters. The van der Waals surface area contributed by atoms with E-state index in [-0.39, 0.29) is 18.5 Å². The van der Waals surface area contributed by atoms with E-state index in [0.29, 0.717) is 5.69 Å². The van der Waals surface area contributed by atoms with E-state index in [9.17, 15) is 9.59 Å². The van der Waals surface area contributed by atoms with Crippen LogP contribution in [0, 0.1) is 5.92 Å². The van der Waals surface area contributed by atoms with Gasteiger partial charge in [-0.3, -0.25) is 9.59 Å². The van der Waals surface area contributed by atoms with Gasteiger partial charge in [-0.05, 0) is 34.8 Å². The lowest BCUT2D eigenvalue weighted by molar-refractivity contribution is -0.141. The molecule has 1 saturated carbocycles. The Morgan fingerprint density at radius 2 is 2.09 bits per heavy atom. The second kappa shape index (κ2) is 5.76. The third-order valence-corrected chi connectivity index (χ3v) is 4.82. The van der Waals surface area contributed by atoms with Gasteiger partial charge in [-0.15, -0.1) is 0 Å². The minimum Gasteiger partial charge on any atom is -0.481 e. The number of carbonyl (C=O) groups is 2. The Bertz CT molecular complexity index is 736. The summed E-state index contributed by atoms with van der Waals surface area (Å²) in [5, 5.41) is 10.1. The molecule has 1 aliphatic rings. The number of hydrogen-bond donors (Lipinski definition) is 2. The summed E-state index contributed by atoms with van der Waals surface area (Å²) in [5.74, 6) is -1.60. The topological polar surface area (TPSA) is 73.4 Å². The molecular weight excluding hydrogens is 348 g/mol. The summed E-state index contributed by atoms with van der Waals surface area (Å²) in [5.41, 5.74) is 1.38. The average Bonchev–Trinajstić information content (AvgIpc) is 3.28. The molecule has 2 aromatic rings. The van der Waals surface area contributed by atoms with Gasteiger partial charge in [0.25, 0.3) is 5.91 Å². The zero-order valence-corrected chi connectivity index (χ0v) is 13.8. The maximum atomic E-state index is 12.8. The molecule has 1 aromatic heterocycles. The fourth-order valence-electron chi connectivity index (χ4n) is 2.56. The average molecular weight is 365 g/mol. The number of benzene rings is 1. The molecule has 1 amide bonds. The highest BCUT2D eigenvalue weighted by Gasteiger charge is 2.36. The number of hydrogen-bond acceptors (Lipinski definition) is 2. The smallest absolute Gasteiger partial charge is 0.308 e. The molecule has 5 nitrogen and oxygen atoms in total. The van der Waals surface area contributed by atoms with E-state index in [2.05, 4.69) is 20.9 Å². The molecule has 0 bridgehead atoms. The van der Waals surface area contributed by atoms with E-state index in [1.807, 2.05) is 24.3 Å². The van der Waals surface area contributed by atoms with Gasteiger partial charge in [-0.1, -0.05) is 25.1 Å². The summed E-state index contributed by atoms with van der Waals surface area (Å²) < 4.78 is 0.738. The Morgan fingerprint density at radius 3 is 2.68 bits per heavy atom. The first kappa shape index (κ1) is 15.1. The summed E-state index contributed by atoms with van der Waals surface area (Å²) in [7, 11) is 0. The van der Waals surface area contributed by atoms with Gasteiger partial charge in [0.15, 0.2) is 0 Å². The van der Waals surface area contributed by atoms with Gasteiger partial charge in [0.05, 0.1) is 10.4 Å². The van der Waals surface area contributed by atoms with Crippen molar-refractivity contribution >= 4 is 38.7 Å². The molecule has 0 radical (unpaired) electrons. The predicted octanol–water partition coefficient (Wildman–Crippen LogP) is 3.26. The van der Waals surface area contributed by atoms with E-state index >= 15 is 0 Å². The lowest BCUT2D eigenvalue weighted by Crippen LogP contribution is -2.38. The van der Waals surface area contributed by atoms with Crippen LogP contribution >= 0.6 is 15.9 Å². The monoisotopic (exact) mass is 364 g/mol. The van der Waals surface area contributed by atoms with Crippen LogP contribution in [0.15, 0.2) is 28.7 Å². The number of amides is 1. The van der Waals surface area contributed by atoms with Crippen LogP contribution < -0.4 is 0 Å². The third kappa shape index (κ3) is 2.75. The number of halogens is 1. The number of aliphatic carboxylic acids is 1. The first-order chi connectivity index (χ1) is 10.5. The molecule has 1 aromatic carbocycles. The van der Waals surface area contributed by atoms with Crippen molar-refractivity contribution in [2.45, 2.75) is 25.8 Å². The molecule has 0 spiro atoms. The molecule has 0 aliphatic heterocycles. The Hall–Kier alpha value is -1.82. The molecule has 1 aliphatic carbocycles. The standard InChI is InChI=1S/C16H17BrN2O3/c1-9(16(21)22)8-19(10-6-7-10)15(20)14-13(17)11-4-2-3-5-12(11)18-14/h2-5,9-10,18H,6-8H2,1H3,(H,21,22)/t9-/m0/s1. The van der Waals surface area contributed by atoms with Crippen LogP contribution in [0.1, 0.15) is 30.3 Å². The maximum absolute atomic E-state index is 12.8. The van der Waals surface area contributed by atoms with Gasteiger partial charge in [0.2, 0.25) is 0 Å². The number of aromatic amines is 1. The highest BCUT2D eigenvalue weighted by Crippen LogP contribution is 2.33. The summed E-state index contributed by atoms with van der Waals surface area (Å²) in [6.45, 7) is 1.87. The van der Waals surface area contributed by atoms with Crippen molar-refractivity contribution in [1.29, 1.82) is 0 Å². The van der Waals surface area contributed by atoms with Gasteiger partial charge in [-0.2, -0.15) is 0 Å². The van der Waals surface area contributed by atoms with Crippen molar-refractivity contribution in [3.63, 3.8) is 0 Å². The zero-order chi connectivity index (χ0) is 15.9. The van der Waals surface area contributed by atoms with E-state index in [4.69, 9.17) is 5.11 Å². The summed E-state index contributed by atoms with van der Waals surface area (Å²) in [6.07, 6.45) is 1.88. The molecule has 116 valence electrons. The van der Waals surface area contributed by atoms with Crippen LogP contribution in [0.3, 0.4) is 0 Å². The van der Waals surface area contributed by atoms with E-state index in [0.717, 1.165) is 28.2 Å². The van der Waals surface area contributed by atoms with Crippen LogP contribution in [-0.4, -0.2) is 39.5 Å². The lowest BCUT2D eigenvalue weighted by atomic mass is 10.1. The molecule has 6 heteroatoms. The predicted molar refractivity (Wildman–Crippen MR) is 86.9 cm³/mol. The van der Waals surface area contributed by atoms with Gasteiger partial charge >= 0.3 is 5.97 Å². The molecule has 2 N–H and O–H groups in total. The van der Waals surface area contributed by atoms with Crippen LogP contribution in [0.25, 0.3) is 10.9 Å². The van der Waals surface area contributed by atoms with Gasteiger partial charge in [-0.25, -0.2) is 0 Å². The number of aromatic nitrogens is 1. The number of para-hydroxylation sites is 1. The van der Waals surface area contributed by atoms with Crippen LogP contribution in [0.4, 0.5) is 0 Å². The quantitative estimate of drug-likeness (QED) is 0.854. The fourth-order valence-corrected chi connectivity index (χ4v) is 3.17. The van der Waals surface area contributed by atoms with Crippen molar-refractivity contribution < 1.29 is 14.7 Å². The van der Waals surface area contributed by atoms with Crippen molar-refractivity contribution in [3.8, 4) is 0 Å². The highest BCUT2D eigenvalue weighted by atomic mass is 79.9. The number of carboxylic acids is 1. The van der Waals surface area contributed by atoms with Gasteiger partial charge < -0.3 is 15.0 Å². The minimum atomic E-state index is -0.880. The number of fused-ring (bicyclic) bond motifs is 1.